The summed E-state index contributed by atoms with van der Waals surface area (Å²) in [6.45, 7) is 5.21. The first kappa shape index (κ1) is 17.8. The van der Waals surface area contributed by atoms with Crippen molar-refractivity contribution in [3.8, 4) is 0 Å². The van der Waals surface area contributed by atoms with Crippen LogP contribution in [0.1, 0.15) is 43.5 Å². The molecule has 1 unspecified atom stereocenters. The Bertz CT molecular complexity index is 463. The molecule has 120 valence electrons. The molecule has 21 heavy (non-hydrogen) atoms. The Morgan fingerprint density at radius 2 is 1.19 bits per heavy atom. The van der Waals surface area contributed by atoms with Crippen molar-refractivity contribution in [2.24, 2.45) is 5.41 Å². The molecule has 0 fully saturated rings. The number of halogens is 6. The molecule has 0 radical (unpaired) electrons. The first-order chi connectivity index (χ1) is 9.26. The van der Waals surface area contributed by atoms with Gasteiger partial charge in [-0.1, -0.05) is 20.8 Å². The van der Waals surface area contributed by atoms with Gasteiger partial charge in [0.25, 0.3) is 0 Å². The second-order valence-electron chi connectivity index (χ2n) is 5.93. The average molecular weight is 313 g/mol. The summed E-state index contributed by atoms with van der Waals surface area (Å²) < 4.78 is 76.9. The number of nitrogens with one attached hydrogen (secondary N) is 1. The van der Waals surface area contributed by atoms with Crippen LogP contribution < -0.4 is 5.32 Å². The van der Waals surface area contributed by atoms with E-state index < -0.39 is 34.9 Å². The fraction of sp³-hybridized carbons (Fsp3) is 0.571. The molecule has 0 spiro atoms. The Kier molecular flexibility index (Phi) is 4.68. The van der Waals surface area contributed by atoms with Crippen molar-refractivity contribution in [2.75, 3.05) is 7.05 Å². The van der Waals surface area contributed by atoms with Gasteiger partial charge in [0.2, 0.25) is 0 Å². The number of rotatable bonds is 2. The van der Waals surface area contributed by atoms with Gasteiger partial charge in [-0.25, -0.2) is 0 Å². The molecular formula is C14H17F6N. The molecule has 1 aromatic carbocycles. The van der Waals surface area contributed by atoms with Crippen LogP contribution in [0.25, 0.3) is 0 Å². The largest absolute Gasteiger partial charge is 0.416 e. The van der Waals surface area contributed by atoms with E-state index in [0.717, 1.165) is 12.1 Å². The first-order valence-corrected chi connectivity index (χ1v) is 6.23. The van der Waals surface area contributed by atoms with Crippen LogP contribution in [0, 0.1) is 5.41 Å². The van der Waals surface area contributed by atoms with E-state index in [-0.39, 0.29) is 11.6 Å². The average Bonchev–Trinajstić information content (AvgIpc) is 2.25. The van der Waals surface area contributed by atoms with E-state index >= 15 is 0 Å². The van der Waals surface area contributed by atoms with Gasteiger partial charge in [-0.2, -0.15) is 26.3 Å². The molecule has 1 nitrogen and oxygen atoms in total. The Morgan fingerprint density at radius 1 is 0.810 bits per heavy atom. The van der Waals surface area contributed by atoms with Crippen LogP contribution in [0.15, 0.2) is 18.2 Å². The minimum Gasteiger partial charge on any atom is -0.313 e. The van der Waals surface area contributed by atoms with Gasteiger partial charge in [0.05, 0.1) is 11.1 Å². The highest BCUT2D eigenvalue weighted by Gasteiger charge is 2.38. The zero-order valence-corrected chi connectivity index (χ0v) is 12.1. The van der Waals surface area contributed by atoms with Crippen molar-refractivity contribution in [2.45, 2.75) is 39.2 Å². The fourth-order valence-corrected chi connectivity index (χ4v) is 2.25. The molecule has 0 saturated carbocycles. The smallest absolute Gasteiger partial charge is 0.313 e. The zero-order chi connectivity index (χ0) is 16.6. The Morgan fingerprint density at radius 3 is 1.43 bits per heavy atom. The monoisotopic (exact) mass is 313 g/mol. The summed E-state index contributed by atoms with van der Waals surface area (Å²) in [7, 11) is 1.50. The second kappa shape index (κ2) is 5.51. The molecule has 1 rings (SSSR count). The number of hydrogen-bond acceptors (Lipinski definition) is 1. The van der Waals surface area contributed by atoms with E-state index in [4.69, 9.17) is 0 Å². The molecule has 0 bridgehead atoms. The van der Waals surface area contributed by atoms with E-state index in [0.29, 0.717) is 0 Å². The highest BCUT2D eigenvalue weighted by molar-refractivity contribution is 5.36. The molecule has 0 saturated heterocycles. The molecule has 0 amide bonds. The van der Waals surface area contributed by atoms with Crippen LogP contribution >= 0.6 is 0 Å². The van der Waals surface area contributed by atoms with Crippen molar-refractivity contribution in [1.29, 1.82) is 0 Å². The molecular weight excluding hydrogens is 296 g/mol. The normalized spacial score (nSPS) is 15.1. The molecule has 1 aromatic rings. The molecule has 0 aliphatic rings. The van der Waals surface area contributed by atoms with Gasteiger partial charge in [-0.3, -0.25) is 0 Å². The lowest BCUT2D eigenvalue weighted by molar-refractivity contribution is -0.143. The summed E-state index contributed by atoms with van der Waals surface area (Å²) in [6.07, 6.45) is -9.65. The van der Waals surface area contributed by atoms with E-state index in [1.807, 2.05) is 0 Å². The van der Waals surface area contributed by atoms with E-state index in [1.165, 1.54) is 7.05 Å². The third kappa shape index (κ3) is 4.36. The predicted molar refractivity (Wildman–Crippen MR) is 67.7 cm³/mol. The lowest BCUT2D eigenvalue weighted by Gasteiger charge is -2.31. The second-order valence-corrected chi connectivity index (χ2v) is 5.93. The van der Waals surface area contributed by atoms with E-state index in [2.05, 4.69) is 5.32 Å². The summed E-state index contributed by atoms with van der Waals surface area (Å²) >= 11 is 0. The molecule has 1 N–H and O–H groups in total. The lowest BCUT2D eigenvalue weighted by Crippen LogP contribution is -2.30. The Labute approximate surface area is 119 Å². The molecule has 0 aromatic heterocycles. The summed E-state index contributed by atoms with van der Waals surface area (Å²) in [5.74, 6) is 0. The predicted octanol–water partition coefficient (Wildman–Crippen LogP) is 5.03. The van der Waals surface area contributed by atoms with Crippen molar-refractivity contribution in [3.05, 3.63) is 34.9 Å². The van der Waals surface area contributed by atoms with Gasteiger partial charge < -0.3 is 5.32 Å². The highest BCUT2D eigenvalue weighted by atomic mass is 19.4. The first-order valence-electron chi connectivity index (χ1n) is 6.23. The molecule has 7 heteroatoms. The van der Waals surface area contributed by atoms with E-state index in [1.54, 1.807) is 20.8 Å². The number of hydrogen-bond donors (Lipinski definition) is 1. The summed E-state index contributed by atoms with van der Waals surface area (Å²) in [5, 5.41) is 2.78. The van der Waals surface area contributed by atoms with Crippen molar-refractivity contribution in [3.63, 3.8) is 0 Å². The third-order valence-electron chi connectivity index (χ3n) is 3.10. The molecule has 1 atom stereocenters. The van der Waals surface area contributed by atoms with Crippen molar-refractivity contribution >= 4 is 0 Å². The third-order valence-corrected chi connectivity index (χ3v) is 3.10. The maximum atomic E-state index is 12.8. The summed E-state index contributed by atoms with van der Waals surface area (Å²) in [5.41, 5.74) is -3.16. The molecule has 0 aliphatic carbocycles. The van der Waals surface area contributed by atoms with Gasteiger partial charge in [0, 0.05) is 6.04 Å². The lowest BCUT2D eigenvalue weighted by atomic mass is 9.81. The maximum Gasteiger partial charge on any atom is 0.416 e. The summed E-state index contributed by atoms with van der Waals surface area (Å²) in [4.78, 5) is 0. The van der Waals surface area contributed by atoms with Crippen molar-refractivity contribution < 1.29 is 26.3 Å². The summed E-state index contributed by atoms with van der Waals surface area (Å²) in [6, 6.07) is 1.03. The van der Waals surface area contributed by atoms with Gasteiger partial charge >= 0.3 is 12.4 Å². The SMILES string of the molecule is CNC(c1cc(C(F)(F)F)cc(C(F)(F)F)c1)C(C)(C)C. The van der Waals surface area contributed by atoms with Crippen LogP contribution in [0.3, 0.4) is 0 Å². The van der Waals surface area contributed by atoms with Gasteiger partial charge in [0.15, 0.2) is 0 Å². The standard InChI is InChI=1S/C14H17F6N/c1-12(2,3)11(21-4)8-5-9(13(15,16)17)7-10(6-8)14(18,19)20/h5-7,11,21H,1-4H3. The number of alkyl halides is 6. The molecule has 0 aliphatic heterocycles. The van der Waals surface area contributed by atoms with Crippen molar-refractivity contribution in [1.82, 2.24) is 5.32 Å². The number of benzene rings is 1. The van der Waals surface area contributed by atoms with Crippen LogP contribution in [0.4, 0.5) is 26.3 Å². The van der Waals surface area contributed by atoms with Crippen LogP contribution in [0.5, 0.6) is 0 Å². The van der Waals surface area contributed by atoms with Crippen LogP contribution in [0.2, 0.25) is 0 Å². The Balaban J connectivity index is 3.52. The van der Waals surface area contributed by atoms with E-state index in [9.17, 15) is 26.3 Å². The van der Waals surface area contributed by atoms with Crippen LogP contribution in [-0.2, 0) is 12.4 Å². The Hall–Kier alpha value is -1.24. The van der Waals surface area contributed by atoms with Gasteiger partial charge in [-0.15, -0.1) is 0 Å². The highest BCUT2D eigenvalue weighted by Crippen LogP contribution is 2.40. The molecule has 0 heterocycles. The maximum absolute atomic E-state index is 12.8. The van der Waals surface area contributed by atoms with Gasteiger partial charge in [0.1, 0.15) is 0 Å². The zero-order valence-electron chi connectivity index (χ0n) is 12.1. The minimum atomic E-state index is -4.83. The minimum absolute atomic E-state index is 0.0350. The van der Waals surface area contributed by atoms with Gasteiger partial charge in [-0.05, 0) is 36.2 Å². The fourth-order valence-electron chi connectivity index (χ4n) is 2.25. The quantitative estimate of drug-likeness (QED) is 0.755. The topological polar surface area (TPSA) is 12.0 Å². The van der Waals surface area contributed by atoms with Crippen LogP contribution in [-0.4, -0.2) is 7.05 Å².